The van der Waals surface area contributed by atoms with Crippen molar-refractivity contribution in [1.29, 1.82) is 0 Å². The van der Waals surface area contributed by atoms with Crippen molar-refractivity contribution >= 4 is 5.97 Å². The number of rotatable bonds is 7. The molecule has 128 valence electrons. The first-order valence-corrected chi connectivity index (χ1v) is 8.15. The van der Waals surface area contributed by atoms with E-state index in [2.05, 4.69) is 0 Å². The molecule has 4 nitrogen and oxygen atoms in total. The van der Waals surface area contributed by atoms with Crippen molar-refractivity contribution in [1.82, 2.24) is 0 Å². The number of aryl methyl sites for hydroxylation is 2. The summed E-state index contributed by atoms with van der Waals surface area (Å²) < 4.78 is 6.01. The van der Waals surface area contributed by atoms with E-state index in [1.54, 1.807) is 6.92 Å². The van der Waals surface area contributed by atoms with Crippen LogP contribution in [0, 0.1) is 6.92 Å². The van der Waals surface area contributed by atoms with E-state index in [4.69, 9.17) is 9.84 Å². The van der Waals surface area contributed by atoms with E-state index in [1.165, 1.54) is 0 Å². The fourth-order valence-corrected chi connectivity index (χ4v) is 2.74. The summed E-state index contributed by atoms with van der Waals surface area (Å²) >= 11 is 0. The van der Waals surface area contributed by atoms with Crippen molar-refractivity contribution in [2.45, 2.75) is 45.8 Å². The maximum Gasteiger partial charge on any atom is 0.333 e. The summed E-state index contributed by atoms with van der Waals surface area (Å²) in [5, 5.41) is 18.8. The molecule has 2 N–H and O–H groups in total. The van der Waals surface area contributed by atoms with Crippen LogP contribution < -0.4 is 4.74 Å². The highest BCUT2D eigenvalue weighted by atomic mass is 16.5. The van der Waals surface area contributed by atoms with Gasteiger partial charge in [-0.2, -0.15) is 0 Å². The van der Waals surface area contributed by atoms with Gasteiger partial charge >= 0.3 is 5.97 Å². The standard InChI is InChI=1S/C20H24O4/c1-4-16-11-17(14(3)18(21)20(22)23)10-13(2)19(16)24-12-15-8-6-5-7-9-15/h5-11,14,18,21H,4,12H2,1-3H3,(H,22,23). The highest BCUT2D eigenvalue weighted by Crippen LogP contribution is 2.31. The zero-order valence-electron chi connectivity index (χ0n) is 14.3. The third-order valence-corrected chi connectivity index (χ3v) is 4.23. The molecule has 0 aliphatic carbocycles. The average molecular weight is 328 g/mol. The normalized spacial score (nSPS) is 13.3. The summed E-state index contributed by atoms with van der Waals surface area (Å²) in [6, 6.07) is 13.8. The highest BCUT2D eigenvalue weighted by molar-refractivity contribution is 5.73. The molecule has 0 saturated heterocycles. The minimum absolute atomic E-state index is 0.477. The Kier molecular flexibility index (Phi) is 5.99. The SMILES string of the molecule is CCc1cc(C(C)C(O)C(=O)O)cc(C)c1OCc1ccccc1. The van der Waals surface area contributed by atoms with E-state index in [9.17, 15) is 9.90 Å². The minimum atomic E-state index is -1.41. The lowest BCUT2D eigenvalue weighted by Crippen LogP contribution is -2.26. The van der Waals surface area contributed by atoms with Gasteiger partial charge in [0.1, 0.15) is 12.4 Å². The van der Waals surface area contributed by atoms with Crippen molar-refractivity contribution in [3.8, 4) is 5.75 Å². The van der Waals surface area contributed by atoms with Crippen molar-refractivity contribution in [3.05, 3.63) is 64.7 Å². The van der Waals surface area contributed by atoms with E-state index in [-0.39, 0.29) is 0 Å². The largest absolute Gasteiger partial charge is 0.488 e. The summed E-state index contributed by atoms with van der Waals surface area (Å²) in [6.45, 7) is 6.19. The summed E-state index contributed by atoms with van der Waals surface area (Å²) in [5.41, 5.74) is 3.87. The van der Waals surface area contributed by atoms with Gasteiger partial charge < -0.3 is 14.9 Å². The third-order valence-electron chi connectivity index (χ3n) is 4.23. The molecule has 2 atom stereocenters. The highest BCUT2D eigenvalue weighted by Gasteiger charge is 2.24. The molecular weight excluding hydrogens is 304 g/mol. The molecule has 0 saturated carbocycles. The summed E-state index contributed by atoms with van der Waals surface area (Å²) in [5.74, 6) is -0.848. The van der Waals surface area contributed by atoms with Gasteiger partial charge in [0, 0.05) is 5.92 Å². The number of aliphatic carboxylic acids is 1. The number of benzene rings is 2. The number of hydrogen-bond donors (Lipinski definition) is 2. The lowest BCUT2D eigenvalue weighted by molar-refractivity contribution is -0.147. The van der Waals surface area contributed by atoms with Crippen LogP contribution in [0.3, 0.4) is 0 Å². The van der Waals surface area contributed by atoms with Crippen LogP contribution in [0.1, 0.15) is 42.0 Å². The molecule has 24 heavy (non-hydrogen) atoms. The predicted octanol–water partition coefficient (Wildman–Crippen LogP) is 3.69. The van der Waals surface area contributed by atoms with Crippen LogP contribution >= 0.6 is 0 Å². The van der Waals surface area contributed by atoms with Crippen molar-refractivity contribution in [2.75, 3.05) is 0 Å². The van der Waals surface area contributed by atoms with E-state index in [1.807, 2.05) is 56.3 Å². The van der Waals surface area contributed by atoms with Gasteiger partial charge in [-0.05, 0) is 35.6 Å². The number of carboxylic acid groups (broad SMARTS) is 1. The van der Waals surface area contributed by atoms with Gasteiger partial charge in [0.15, 0.2) is 6.10 Å². The van der Waals surface area contributed by atoms with E-state index < -0.39 is 18.0 Å². The summed E-state index contributed by atoms with van der Waals surface area (Å²) in [6.07, 6.45) is -0.639. The fourth-order valence-electron chi connectivity index (χ4n) is 2.74. The van der Waals surface area contributed by atoms with E-state index >= 15 is 0 Å². The number of carbonyl (C=O) groups is 1. The quantitative estimate of drug-likeness (QED) is 0.813. The number of hydrogen-bond acceptors (Lipinski definition) is 3. The summed E-state index contributed by atoms with van der Waals surface area (Å²) in [4.78, 5) is 11.0. The lowest BCUT2D eigenvalue weighted by Gasteiger charge is -2.20. The Morgan fingerprint density at radius 2 is 1.88 bits per heavy atom. The zero-order chi connectivity index (χ0) is 17.7. The van der Waals surface area contributed by atoms with Gasteiger partial charge in [0.05, 0.1) is 0 Å². The molecule has 0 heterocycles. The molecule has 4 heteroatoms. The second-order valence-corrected chi connectivity index (χ2v) is 6.03. The molecule has 2 aromatic rings. The Bertz CT molecular complexity index is 694. The van der Waals surface area contributed by atoms with Gasteiger partial charge in [-0.25, -0.2) is 4.79 Å². The van der Waals surface area contributed by atoms with Gasteiger partial charge in [-0.3, -0.25) is 0 Å². The van der Waals surface area contributed by atoms with Crippen LogP contribution in [0.2, 0.25) is 0 Å². The molecule has 0 bridgehead atoms. The fraction of sp³-hybridized carbons (Fsp3) is 0.350. The monoisotopic (exact) mass is 328 g/mol. The first-order valence-electron chi connectivity index (χ1n) is 8.15. The Balaban J connectivity index is 2.25. The smallest absolute Gasteiger partial charge is 0.333 e. The third kappa shape index (κ3) is 4.15. The molecule has 2 rings (SSSR count). The van der Waals surface area contributed by atoms with Crippen LogP contribution in [0.5, 0.6) is 5.75 Å². The Hall–Kier alpha value is -2.33. The van der Waals surface area contributed by atoms with Gasteiger partial charge in [0.2, 0.25) is 0 Å². The first kappa shape index (κ1) is 18.0. The molecule has 0 fully saturated rings. The number of ether oxygens (including phenoxy) is 1. The molecular formula is C20H24O4. The molecule has 0 aliphatic rings. The lowest BCUT2D eigenvalue weighted by atomic mass is 9.91. The van der Waals surface area contributed by atoms with Gasteiger partial charge in [0.25, 0.3) is 0 Å². The maximum atomic E-state index is 11.0. The molecule has 2 unspecified atom stereocenters. The maximum absolute atomic E-state index is 11.0. The van der Waals surface area contributed by atoms with Crippen molar-refractivity contribution in [3.63, 3.8) is 0 Å². The van der Waals surface area contributed by atoms with E-state index in [0.29, 0.717) is 6.61 Å². The number of aliphatic hydroxyl groups is 1. The Labute approximate surface area is 142 Å². The molecule has 0 spiro atoms. The average Bonchev–Trinajstić information content (AvgIpc) is 2.59. The second-order valence-electron chi connectivity index (χ2n) is 6.03. The van der Waals surface area contributed by atoms with Crippen LogP contribution in [0.4, 0.5) is 0 Å². The molecule has 2 aromatic carbocycles. The molecule has 0 radical (unpaired) electrons. The summed E-state index contributed by atoms with van der Waals surface area (Å²) in [7, 11) is 0. The second kappa shape index (κ2) is 7.97. The Morgan fingerprint density at radius 1 is 1.21 bits per heavy atom. The van der Waals surface area contributed by atoms with Gasteiger partial charge in [-0.15, -0.1) is 0 Å². The first-order chi connectivity index (χ1) is 11.4. The van der Waals surface area contributed by atoms with E-state index in [0.717, 1.165) is 34.4 Å². The number of aliphatic hydroxyl groups excluding tert-OH is 1. The predicted molar refractivity (Wildman–Crippen MR) is 93.4 cm³/mol. The minimum Gasteiger partial charge on any atom is -0.488 e. The van der Waals surface area contributed by atoms with Gasteiger partial charge in [-0.1, -0.05) is 56.3 Å². The van der Waals surface area contributed by atoms with Crippen molar-refractivity contribution < 1.29 is 19.7 Å². The molecule has 0 amide bonds. The Morgan fingerprint density at radius 3 is 2.46 bits per heavy atom. The zero-order valence-corrected chi connectivity index (χ0v) is 14.3. The number of carboxylic acids is 1. The van der Waals surface area contributed by atoms with Crippen LogP contribution in [-0.2, 0) is 17.8 Å². The van der Waals surface area contributed by atoms with Crippen LogP contribution in [0.15, 0.2) is 42.5 Å². The van der Waals surface area contributed by atoms with Crippen LogP contribution in [0.25, 0.3) is 0 Å². The van der Waals surface area contributed by atoms with Crippen molar-refractivity contribution in [2.24, 2.45) is 0 Å². The topological polar surface area (TPSA) is 66.8 Å². The molecule has 0 aliphatic heterocycles. The van der Waals surface area contributed by atoms with Crippen LogP contribution in [-0.4, -0.2) is 22.3 Å². The molecule has 0 aromatic heterocycles.